The lowest BCUT2D eigenvalue weighted by Gasteiger charge is -2.26. The number of aliphatic hydroxyl groups excluding tert-OH is 1. The van der Waals surface area contributed by atoms with Crippen LogP contribution < -0.4 is 0 Å². The van der Waals surface area contributed by atoms with Crippen LogP contribution in [-0.4, -0.2) is 38.7 Å². The van der Waals surface area contributed by atoms with E-state index in [1.165, 1.54) is 0 Å². The van der Waals surface area contributed by atoms with Crippen molar-refractivity contribution in [3.63, 3.8) is 0 Å². The summed E-state index contributed by atoms with van der Waals surface area (Å²) in [5.41, 5.74) is 2.23. The van der Waals surface area contributed by atoms with Gasteiger partial charge in [0.2, 0.25) is 0 Å². The lowest BCUT2D eigenvalue weighted by Crippen LogP contribution is -2.36. The first-order valence-electron chi connectivity index (χ1n) is 8.71. The summed E-state index contributed by atoms with van der Waals surface area (Å²) in [6.07, 6.45) is 1.87. The van der Waals surface area contributed by atoms with Gasteiger partial charge in [-0.05, 0) is 30.9 Å². The van der Waals surface area contributed by atoms with Gasteiger partial charge < -0.3 is 10.0 Å². The van der Waals surface area contributed by atoms with Crippen molar-refractivity contribution < 1.29 is 9.90 Å². The number of aliphatic hydroxyl groups is 1. The van der Waals surface area contributed by atoms with Crippen LogP contribution in [0.4, 0.5) is 0 Å². The summed E-state index contributed by atoms with van der Waals surface area (Å²) in [6.45, 7) is 0.714. The molecule has 0 unspecified atom stereocenters. The largest absolute Gasteiger partial charge is 0.388 e. The molecule has 1 saturated heterocycles. The lowest BCUT2D eigenvalue weighted by atomic mass is 10.0. The molecule has 3 aromatic rings. The summed E-state index contributed by atoms with van der Waals surface area (Å²) >= 11 is 0. The number of carbonyl (C=O) groups excluding carboxylic acids is 1. The topological polar surface area (TPSA) is 69.2 Å². The second-order valence-electron chi connectivity index (χ2n) is 6.57. The first-order valence-corrected chi connectivity index (χ1v) is 8.71. The molecule has 4 rings (SSSR count). The molecule has 0 radical (unpaired) electrons. The molecular weight excluding hydrogens is 314 g/mol. The second kappa shape index (κ2) is 6.69. The van der Waals surface area contributed by atoms with Crippen LogP contribution >= 0.6 is 0 Å². The van der Waals surface area contributed by atoms with Crippen molar-refractivity contribution in [3.05, 3.63) is 65.9 Å². The Hall–Kier alpha value is -2.66. The van der Waals surface area contributed by atoms with Crippen molar-refractivity contribution in [3.8, 4) is 0 Å². The Balaban J connectivity index is 1.54. The number of aromatic amines is 1. The number of fused-ring (bicyclic) bond motifs is 1. The Morgan fingerprint density at radius 1 is 1.20 bits per heavy atom. The zero-order chi connectivity index (χ0) is 17.2. The van der Waals surface area contributed by atoms with Gasteiger partial charge in [-0.25, -0.2) is 0 Å². The second-order valence-corrected chi connectivity index (χ2v) is 6.57. The number of benzene rings is 2. The molecule has 2 aromatic carbocycles. The molecule has 0 aliphatic carbocycles. The zero-order valence-electron chi connectivity index (χ0n) is 13.9. The molecule has 0 saturated carbocycles. The molecule has 1 aliphatic heterocycles. The minimum absolute atomic E-state index is 0.0400. The molecule has 2 heterocycles. The molecule has 0 bridgehead atoms. The maximum atomic E-state index is 13.0. The summed E-state index contributed by atoms with van der Waals surface area (Å²) < 4.78 is 0. The van der Waals surface area contributed by atoms with Crippen LogP contribution in [0.5, 0.6) is 0 Å². The van der Waals surface area contributed by atoms with Gasteiger partial charge >= 0.3 is 0 Å². The maximum absolute atomic E-state index is 13.0. The Bertz CT molecular complexity index is 875. The molecular formula is C20H21N3O2. The third kappa shape index (κ3) is 3.03. The smallest absolute Gasteiger partial charge is 0.275 e. The maximum Gasteiger partial charge on any atom is 0.275 e. The molecule has 128 valence electrons. The quantitative estimate of drug-likeness (QED) is 0.769. The molecule has 25 heavy (non-hydrogen) atoms. The monoisotopic (exact) mass is 335 g/mol. The number of likely N-dealkylation sites (tertiary alicyclic amines) is 1. The number of nitrogens with one attached hydrogen (secondary N) is 1. The van der Waals surface area contributed by atoms with E-state index >= 15 is 0 Å². The third-order valence-electron chi connectivity index (χ3n) is 4.99. The summed E-state index contributed by atoms with van der Waals surface area (Å²) in [5.74, 6) is -0.0554. The van der Waals surface area contributed by atoms with Gasteiger partial charge in [0.1, 0.15) is 0 Å². The van der Waals surface area contributed by atoms with E-state index in [0.29, 0.717) is 18.7 Å². The lowest BCUT2D eigenvalue weighted by molar-refractivity contribution is 0.0663. The molecule has 0 spiro atoms. The average molecular weight is 335 g/mol. The van der Waals surface area contributed by atoms with Gasteiger partial charge in [-0.15, -0.1) is 0 Å². The number of hydrogen-bond donors (Lipinski definition) is 2. The van der Waals surface area contributed by atoms with E-state index in [0.717, 1.165) is 29.3 Å². The van der Waals surface area contributed by atoms with Crippen LogP contribution in [-0.2, 0) is 0 Å². The van der Waals surface area contributed by atoms with Crippen LogP contribution in [0, 0.1) is 0 Å². The molecule has 2 atom stereocenters. The van der Waals surface area contributed by atoms with Crippen LogP contribution in [0.25, 0.3) is 10.9 Å². The van der Waals surface area contributed by atoms with Crippen LogP contribution in [0.15, 0.2) is 54.6 Å². The van der Waals surface area contributed by atoms with Gasteiger partial charge in [-0.2, -0.15) is 5.10 Å². The average Bonchev–Trinajstić information content (AvgIpc) is 3.29. The number of H-pyrrole nitrogens is 1. The highest BCUT2D eigenvalue weighted by atomic mass is 16.3. The first kappa shape index (κ1) is 15.8. The van der Waals surface area contributed by atoms with Gasteiger partial charge in [0.15, 0.2) is 5.69 Å². The highest BCUT2D eigenvalue weighted by Crippen LogP contribution is 2.29. The fourth-order valence-electron chi connectivity index (χ4n) is 3.68. The van der Waals surface area contributed by atoms with E-state index in [9.17, 15) is 9.90 Å². The highest BCUT2D eigenvalue weighted by Gasteiger charge is 2.32. The molecule has 1 aromatic heterocycles. The Kier molecular flexibility index (Phi) is 4.24. The van der Waals surface area contributed by atoms with Crippen molar-refractivity contribution in [2.45, 2.75) is 31.4 Å². The summed E-state index contributed by atoms with van der Waals surface area (Å²) in [4.78, 5) is 14.9. The van der Waals surface area contributed by atoms with E-state index in [2.05, 4.69) is 10.2 Å². The minimum Gasteiger partial charge on any atom is -0.388 e. The Morgan fingerprint density at radius 2 is 1.96 bits per heavy atom. The van der Waals surface area contributed by atoms with Crippen LogP contribution in [0.2, 0.25) is 0 Å². The number of para-hydroxylation sites is 1. The number of aromatic nitrogens is 2. The number of hydrogen-bond acceptors (Lipinski definition) is 3. The number of amides is 1. The standard InChI is InChI=1S/C20H21N3O2/c24-18(14-7-2-1-3-8-14)13-15-9-6-12-23(15)20(25)19-16-10-4-5-11-17(16)21-22-19/h1-5,7-8,10-11,15,18,24H,6,9,12-13H2,(H,21,22)/t15-,18+/m1/s1. The SMILES string of the molecule is O=C(c1n[nH]c2ccccc12)N1CCC[C@@H]1C[C@H](O)c1ccccc1. The highest BCUT2D eigenvalue weighted by molar-refractivity contribution is 6.04. The Morgan fingerprint density at radius 3 is 2.80 bits per heavy atom. The molecule has 2 N–H and O–H groups in total. The van der Waals surface area contributed by atoms with Crippen molar-refractivity contribution in [1.29, 1.82) is 0 Å². The van der Waals surface area contributed by atoms with Crippen molar-refractivity contribution in [2.75, 3.05) is 6.54 Å². The minimum atomic E-state index is -0.560. The Labute approximate surface area is 146 Å². The van der Waals surface area contributed by atoms with Crippen LogP contribution in [0.1, 0.15) is 41.4 Å². The molecule has 5 nitrogen and oxygen atoms in total. The fourth-order valence-corrected chi connectivity index (χ4v) is 3.68. The molecule has 5 heteroatoms. The molecule has 1 fully saturated rings. The van der Waals surface area contributed by atoms with Gasteiger partial charge in [0.25, 0.3) is 5.91 Å². The summed E-state index contributed by atoms with van der Waals surface area (Å²) in [6, 6.07) is 17.3. The molecule has 1 aliphatic rings. The van der Waals surface area contributed by atoms with E-state index in [1.54, 1.807) is 0 Å². The van der Waals surface area contributed by atoms with Gasteiger partial charge in [-0.1, -0.05) is 48.5 Å². The predicted molar refractivity (Wildman–Crippen MR) is 96.2 cm³/mol. The number of rotatable bonds is 4. The zero-order valence-corrected chi connectivity index (χ0v) is 13.9. The van der Waals surface area contributed by atoms with Crippen molar-refractivity contribution >= 4 is 16.8 Å². The molecule has 1 amide bonds. The van der Waals surface area contributed by atoms with Crippen molar-refractivity contribution in [2.24, 2.45) is 0 Å². The van der Waals surface area contributed by atoms with Crippen LogP contribution in [0.3, 0.4) is 0 Å². The third-order valence-corrected chi connectivity index (χ3v) is 4.99. The summed E-state index contributed by atoms with van der Waals surface area (Å²) in [5, 5.41) is 18.5. The van der Waals surface area contributed by atoms with E-state index in [4.69, 9.17) is 0 Å². The first-order chi connectivity index (χ1) is 12.2. The number of nitrogens with zero attached hydrogens (tertiary/aromatic N) is 2. The van der Waals surface area contributed by atoms with Crippen molar-refractivity contribution in [1.82, 2.24) is 15.1 Å². The van der Waals surface area contributed by atoms with E-state index in [-0.39, 0.29) is 11.9 Å². The van der Waals surface area contributed by atoms with E-state index < -0.39 is 6.10 Å². The van der Waals surface area contributed by atoms with E-state index in [1.807, 2.05) is 59.5 Å². The van der Waals surface area contributed by atoms with Gasteiger partial charge in [0.05, 0.1) is 11.6 Å². The van der Waals surface area contributed by atoms with Gasteiger partial charge in [-0.3, -0.25) is 9.89 Å². The fraction of sp³-hybridized carbons (Fsp3) is 0.300. The predicted octanol–water partition coefficient (Wildman–Crippen LogP) is 3.29. The number of carbonyl (C=O) groups is 1. The van der Waals surface area contributed by atoms with Gasteiger partial charge in [0, 0.05) is 18.0 Å². The summed E-state index contributed by atoms with van der Waals surface area (Å²) in [7, 11) is 0. The normalized spacial score (nSPS) is 18.6.